The van der Waals surface area contributed by atoms with Crippen LogP contribution < -0.4 is 11.1 Å². The fourth-order valence-electron chi connectivity index (χ4n) is 3.72. The predicted octanol–water partition coefficient (Wildman–Crippen LogP) is 1.80. The monoisotopic (exact) mass is 356 g/mol. The minimum atomic E-state index is -0.179. The number of fused-ring (bicyclic) bond motifs is 1. The van der Waals surface area contributed by atoms with Gasteiger partial charge in [-0.05, 0) is 64.0 Å². The third-order valence-corrected chi connectivity index (χ3v) is 5.36. The van der Waals surface area contributed by atoms with Gasteiger partial charge in [-0.1, -0.05) is 11.6 Å². The van der Waals surface area contributed by atoms with Gasteiger partial charge in [-0.3, -0.25) is 9.59 Å². The molecule has 0 aliphatic carbocycles. The number of aryl methyl sites for hydroxylation is 2. The van der Waals surface area contributed by atoms with E-state index < -0.39 is 0 Å². The van der Waals surface area contributed by atoms with E-state index in [1.165, 1.54) is 5.56 Å². The zero-order chi connectivity index (χ0) is 18.7. The lowest BCUT2D eigenvalue weighted by molar-refractivity contribution is -0.123. The fraction of sp³-hybridized carbons (Fsp3) is 0.500. The SMILES string of the molecule is Cc1ccc2c(c1)cc(C(=O)NCCCN1CCC(C(N)=O)CC1)n2C. The average Bonchev–Trinajstić information content (AvgIpc) is 2.95. The Morgan fingerprint density at radius 2 is 1.96 bits per heavy atom. The molecule has 0 saturated carbocycles. The van der Waals surface area contributed by atoms with Crippen LogP contribution in [-0.2, 0) is 11.8 Å². The number of hydrogen-bond donors (Lipinski definition) is 2. The van der Waals surface area contributed by atoms with Gasteiger partial charge < -0.3 is 20.5 Å². The first-order valence-corrected chi connectivity index (χ1v) is 9.31. The number of carbonyl (C=O) groups is 2. The van der Waals surface area contributed by atoms with Crippen molar-refractivity contribution in [1.29, 1.82) is 0 Å². The molecule has 2 heterocycles. The largest absolute Gasteiger partial charge is 0.369 e. The molecule has 6 heteroatoms. The Labute approximate surface area is 154 Å². The molecule has 2 aromatic rings. The quantitative estimate of drug-likeness (QED) is 0.775. The number of hydrogen-bond acceptors (Lipinski definition) is 3. The van der Waals surface area contributed by atoms with E-state index in [4.69, 9.17) is 5.73 Å². The van der Waals surface area contributed by atoms with Crippen LogP contribution >= 0.6 is 0 Å². The van der Waals surface area contributed by atoms with Gasteiger partial charge in [-0.15, -0.1) is 0 Å². The van der Waals surface area contributed by atoms with Crippen molar-refractivity contribution < 1.29 is 9.59 Å². The van der Waals surface area contributed by atoms with Crippen molar-refractivity contribution in [2.24, 2.45) is 18.7 Å². The molecular formula is C20H28N4O2. The first-order chi connectivity index (χ1) is 12.5. The topological polar surface area (TPSA) is 80.4 Å². The van der Waals surface area contributed by atoms with E-state index in [2.05, 4.69) is 35.3 Å². The second-order valence-electron chi connectivity index (χ2n) is 7.28. The van der Waals surface area contributed by atoms with E-state index in [9.17, 15) is 9.59 Å². The van der Waals surface area contributed by atoms with Crippen LogP contribution in [0.2, 0.25) is 0 Å². The van der Waals surface area contributed by atoms with E-state index >= 15 is 0 Å². The number of nitrogens with one attached hydrogen (secondary N) is 1. The Kier molecular flexibility index (Phi) is 5.61. The number of amides is 2. The van der Waals surface area contributed by atoms with Gasteiger partial charge >= 0.3 is 0 Å². The highest BCUT2D eigenvalue weighted by Crippen LogP contribution is 2.20. The van der Waals surface area contributed by atoms with Gasteiger partial charge in [0.15, 0.2) is 0 Å². The first kappa shape index (κ1) is 18.5. The highest BCUT2D eigenvalue weighted by molar-refractivity contribution is 5.98. The highest BCUT2D eigenvalue weighted by Gasteiger charge is 2.22. The lowest BCUT2D eigenvalue weighted by atomic mass is 9.96. The molecule has 1 aliphatic heterocycles. The smallest absolute Gasteiger partial charge is 0.267 e. The van der Waals surface area contributed by atoms with E-state index in [1.807, 2.05) is 17.7 Å². The van der Waals surface area contributed by atoms with Crippen LogP contribution in [-0.4, -0.2) is 47.5 Å². The number of primary amides is 1. The maximum absolute atomic E-state index is 12.5. The number of benzene rings is 1. The molecule has 0 atom stereocenters. The zero-order valence-corrected chi connectivity index (χ0v) is 15.6. The Bertz CT molecular complexity index is 803. The van der Waals surface area contributed by atoms with Crippen molar-refractivity contribution in [2.45, 2.75) is 26.2 Å². The summed E-state index contributed by atoms with van der Waals surface area (Å²) in [5.41, 5.74) is 8.31. The predicted molar refractivity (Wildman–Crippen MR) is 103 cm³/mol. The average molecular weight is 356 g/mol. The summed E-state index contributed by atoms with van der Waals surface area (Å²) < 4.78 is 1.94. The van der Waals surface area contributed by atoms with Crippen molar-refractivity contribution >= 4 is 22.7 Å². The van der Waals surface area contributed by atoms with Crippen LogP contribution in [0.5, 0.6) is 0 Å². The summed E-state index contributed by atoms with van der Waals surface area (Å²) in [6.07, 6.45) is 2.59. The standard InChI is InChI=1S/C20H28N4O2/c1-14-4-5-17-16(12-14)13-18(23(17)2)20(26)22-8-3-9-24-10-6-15(7-11-24)19(21)25/h4-5,12-13,15H,3,6-11H2,1-2H3,(H2,21,25)(H,22,26). The molecule has 3 rings (SSSR count). The Balaban J connectivity index is 1.46. The summed E-state index contributed by atoms with van der Waals surface area (Å²) >= 11 is 0. The molecule has 6 nitrogen and oxygen atoms in total. The molecule has 3 N–H and O–H groups in total. The molecule has 0 bridgehead atoms. The summed E-state index contributed by atoms with van der Waals surface area (Å²) in [5, 5.41) is 4.11. The van der Waals surface area contributed by atoms with Crippen molar-refractivity contribution in [3.05, 3.63) is 35.5 Å². The van der Waals surface area contributed by atoms with E-state index in [0.29, 0.717) is 12.2 Å². The molecule has 1 aromatic carbocycles. The summed E-state index contributed by atoms with van der Waals surface area (Å²) in [7, 11) is 1.93. The van der Waals surface area contributed by atoms with Gasteiger partial charge in [0.1, 0.15) is 5.69 Å². The highest BCUT2D eigenvalue weighted by atomic mass is 16.2. The second-order valence-corrected chi connectivity index (χ2v) is 7.28. The van der Waals surface area contributed by atoms with E-state index in [1.54, 1.807) is 0 Å². The van der Waals surface area contributed by atoms with Gasteiger partial charge in [0, 0.05) is 30.4 Å². The van der Waals surface area contributed by atoms with Gasteiger partial charge in [-0.25, -0.2) is 0 Å². The molecule has 0 radical (unpaired) electrons. The summed E-state index contributed by atoms with van der Waals surface area (Å²) in [6.45, 7) is 5.45. The van der Waals surface area contributed by atoms with Crippen molar-refractivity contribution in [3.63, 3.8) is 0 Å². The summed E-state index contributed by atoms with van der Waals surface area (Å²) in [6, 6.07) is 8.16. The van der Waals surface area contributed by atoms with Crippen LogP contribution in [0.4, 0.5) is 0 Å². The molecule has 2 amide bonds. The first-order valence-electron chi connectivity index (χ1n) is 9.31. The summed E-state index contributed by atoms with van der Waals surface area (Å²) in [5.74, 6) is -0.183. The van der Waals surface area contributed by atoms with Crippen molar-refractivity contribution in [3.8, 4) is 0 Å². The van der Waals surface area contributed by atoms with Gasteiger partial charge in [-0.2, -0.15) is 0 Å². The van der Waals surface area contributed by atoms with E-state index in [0.717, 1.165) is 49.8 Å². The van der Waals surface area contributed by atoms with Crippen LogP contribution in [0.15, 0.2) is 24.3 Å². The minimum Gasteiger partial charge on any atom is -0.369 e. The van der Waals surface area contributed by atoms with Crippen LogP contribution in [0.3, 0.4) is 0 Å². The number of rotatable bonds is 6. The molecule has 1 saturated heterocycles. The molecule has 0 unspecified atom stereocenters. The molecule has 140 valence electrons. The molecule has 1 aliphatic rings. The fourth-order valence-corrected chi connectivity index (χ4v) is 3.72. The number of piperidine rings is 1. The third-order valence-electron chi connectivity index (χ3n) is 5.36. The Morgan fingerprint density at radius 1 is 1.23 bits per heavy atom. The second kappa shape index (κ2) is 7.91. The number of likely N-dealkylation sites (tertiary alicyclic amines) is 1. The molecule has 1 fully saturated rings. The van der Waals surface area contributed by atoms with Crippen LogP contribution in [0, 0.1) is 12.8 Å². The normalized spacial score (nSPS) is 16.1. The third kappa shape index (κ3) is 4.07. The number of nitrogens with two attached hydrogens (primary N) is 1. The van der Waals surface area contributed by atoms with Crippen molar-refractivity contribution in [1.82, 2.24) is 14.8 Å². The van der Waals surface area contributed by atoms with Gasteiger partial charge in [0.05, 0.1) is 0 Å². The van der Waals surface area contributed by atoms with Gasteiger partial charge in [0.25, 0.3) is 5.91 Å². The maximum Gasteiger partial charge on any atom is 0.267 e. The zero-order valence-electron chi connectivity index (χ0n) is 15.6. The van der Waals surface area contributed by atoms with Gasteiger partial charge in [0.2, 0.25) is 5.91 Å². The number of nitrogens with zero attached hydrogens (tertiary/aromatic N) is 2. The maximum atomic E-state index is 12.5. The van der Waals surface area contributed by atoms with Crippen LogP contribution in [0.1, 0.15) is 35.3 Å². The number of aromatic nitrogens is 1. The van der Waals surface area contributed by atoms with E-state index in [-0.39, 0.29) is 17.7 Å². The van der Waals surface area contributed by atoms with Crippen molar-refractivity contribution in [2.75, 3.05) is 26.2 Å². The molecule has 26 heavy (non-hydrogen) atoms. The molecular weight excluding hydrogens is 328 g/mol. The summed E-state index contributed by atoms with van der Waals surface area (Å²) in [4.78, 5) is 26.0. The molecule has 1 aromatic heterocycles. The Hall–Kier alpha value is -2.34. The lowest BCUT2D eigenvalue weighted by Crippen LogP contribution is -2.39. The lowest BCUT2D eigenvalue weighted by Gasteiger charge is -2.30. The Morgan fingerprint density at radius 3 is 2.65 bits per heavy atom. The molecule has 0 spiro atoms. The van der Waals surface area contributed by atoms with Crippen LogP contribution in [0.25, 0.3) is 10.9 Å². The minimum absolute atomic E-state index is 0.0288. The number of carbonyl (C=O) groups excluding carboxylic acids is 2.